The number of aliphatic hydroxyl groups excluding tert-OH is 1. The normalized spacial score (nSPS) is 20.7. The minimum absolute atomic E-state index is 0.00694. The zero-order valence-corrected chi connectivity index (χ0v) is 27.0. The average molecular weight is 557 g/mol. The van der Waals surface area contributed by atoms with E-state index in [9.17, 15) is 15.0 Å². The molecule has 1 rings (SSSR count). The Morgan fingerprint density at radius 2 is 1.24 bits per heavy atom. The fourth-order valence-corrected chi connectivity index (χ4v) is 4.55. The minimum Gasteiger partial charge on any atom is -0.393 e. The van der Waals surface area contributed by atoms with Gasteiger partial charge in [-0.05, 0) is 85.3 Å². The minimum atomic E-state index is -1.35. The van der Waals surface area contributed by atoms with Crippen LogP contribution in [0.1, 0.15) is 82.1 Å². The summed E-state index contributed by atoms with van der Waals surface area (Å²) >= 11 is 0. The van der Waals surface area contributed by atoms with Gasteiger partial charge in [0.1, 0.15) is 5.60 Å². The third-order valence-electron chi connectivity index (χ3n) is 6.81. The van der Waals surface area contributed by atoms with Crippen molar-refractivity contribution in [2.24, 2.45) is 5.41 Å². The number of allylic oxidation sites excluding steroid dienone is 20. The fourth-order valence-electron chi connectivity index (χ4n) is 4.55. The van der Waals surface area contributed by atoms with Crippen molar-refractivity contribution in [1.82, 2.24) is 0 Å². The van der Waals surface area contributed by atoms with Crippen LogP contribution >= 0.6 is 0 Å². The van der Waals surface area contributed by atoms with Gasteiger partial charge in [-0.15, -0.1) is 0 Å². The molecule has 0 aliphatic heterocycles. The molecule has 0 amide bonds. The Bertz CT molecular complexity index is 1250. The zero-order chi connectivity index (χ0) is 31.2. The summed E-state index contributed by atoms with van der Waals surface area (Å²) in [5, 5.41) is 19.8. The smallest absolute Gasteiger partial charge is 0.186 e. The molecule has 0 aromatic carbocycles. The van der Waals surface area contributed by atoms with Gasteiger partial charge in [0, 0.05) is 0 Å². The summed E-state index contributed by atoms with van der Waals surface area (Å²) in [4.78, 5) is 11.8. The molecule has 0 heterocycles. The Labute approximate surface area is 249 Å². The molecule has 3 heteroatoms. The quantitative estimate of drug-likeness (QED) is 0.186. The highest BCUT2D eigenvalue weighted by molar-refractivity contribution is 5.96. The molecule has 0 unspecified atom stereocenters. The lowest BCUT2D eigenvalue weighted by molar-refractivity contribution is -0.128. The SMILES string of the molecule is CC1=C(/C=C/C(C)=C/C(C)=C/C=C/C=C(C)/C=C/C=C(C)/C=C/C=C(C)/C=C/C(=O)C(C)(C)O)C(C)(C)C[C@H](O)C1. The fraction of sp³-hybridized carbons (Fsp3) is 0.395. The lowest BCUT2D eigenvalue weighted by atomic mass is 9.71. The van der Waals surface area contributed by atoms with Crippen LogP contribution in [0, 0.1) is 5.41 Å². The summed E-state index contributed by atoms with van der Waals surface area (Å²) < 4.78 is 0. The van der Waals surface area contributed by atoms with Crippen LogP contribution in [0.3, 0.4) is 0 Å². The van der Waals surface area contributed by atoms with E-state index in [1.165, 1.54) is 42.2 Å². The number of carbonyl (C=O) groups excluding carboxylic acids is 1. The predicted octanol–water partition coefficient (Wildman–Crippen LogP) is 9.34. The van der Waals surface area contributed by atoms with Gasteiger partial charge in [-0.2, -0.15) is 0 Å². The Morgan fingerprint density at radius 1 is 0.756 bits per heavy atom. The van der Waals surface area contributed by atoms with E-state index in [2.05, 4.69) is 84.1 Å². The van der Waals surface area contributed by atoms with E-state index in [0.717, 1.165) is 29.6 Å². The molecule has 41 heavy (non-hydrogen) atoms. The summed E-state index contributed by atoms with van der Waals surface area (Å²) in [6.45, 7) is 19.8. The maximum absolute atomic E-state index is 11.8. The molecule has 0 fully saturated rings. The Balaban J connectivity index is 2.69. The maximum Gasteiger partial charge on any atom is 0.186 e. The van der Waals surface area contributed by atoms with Crippen molar-refractivity contribution in [3.8, 4) is 0 Å². The molecule has 0 radical (unpaired) electrons. The van der Waals surface area contributed by atoms with Crippen molar-refractivity contribution >= 4 is 5.78 Å². The van der Waals surface area contributed by atoms with E-state index in [1.807, 2.05) is 50.3 Å². The molecule has 1 aliphatic carbocycles. The van der Waals surface area contributed by atoms with E-state index in [-0.39, 0.29) is 17.3 Å². The van der Waals surface area contributed by atoms with E-state index in [1.54, 1.807) is 6.08 Å². The first-order chi connectivity index (χ1) is 19.0. The summed E-state index contributed by atoms with van der Waals surface area (Å²) in [5.74, 6) is -0.315. The molecule has 0 saturated heterocycles. The van der Waals surface area contributed by atoms with Gasteiger partial charge in [-0.3, -0.25) is 4.79 Å². The van der Waals surface area contributed by atoms with Crippen LogP contribution in [0.2, 0.25) is 0 Å². The molecule has 0 spiro atoms. The maximum atomic E-state index is 11.8. The van der Waals surface area contributed by atoms with E-state index in [4.69, 9.17) is 0 Å². The van der Waals surface area contributed by atoms with Gasteiger partial charge in [-0.25, -0.2) is 0 Å². The van der Waals surface area contributed by atoms with Gasteiger partial charge in [0.05, 0.1) is 6.10 Å². The van der Waals surface area contributed by atoms with E-state index >= 15 is 0 Å². The van der Waals surface area contributed by atoms with E-state index in [0.29, 0.717) is 0 Å². The summed E-state index contributed by atoms with van der Waals surface area (Å²) in [6, 6.07) is 0. The van der Waals surface area contributed by atoms with Gasteiger partial charge in [0.2, 0.25) is 0 Å². The number of hydrogen-bond donors (Lipinski definition) is 2. The topological polar surface area (TPSA) is 57.5 Å². The largest absolute Gasteiger partial charge is 0.393 e. The number of aliphatic hydroxyl groups is 2. The van der Waals surface area contributed by atoms with Crippen LogP contribution in [0.5, 0.6) is 0 Å². The van der Waals surface area contributed by atoms with Crippen LogP contribution < -0.4 is 0 Å². The molecule has 1 atom stereocenters. The average Bonchev–Trinajstić information content (AvgIpc) is 2.83. The third-order valence-corrected chi connectivity index (χ3v) is 6.81. The van der Waals surface area contributed by atoms with Crippen molar-refractivity contribution in [2.75, 3.05) is 0 Å². The van der Waals surface area contributed by atoms with Crippen LogP contribution in [0.15, 0.2) is 130 Å². The third kappa shape index (κ3) is 14.8. The highest BCUT2D eigenvalue weighted by Gasteiger charge is 2.31. The monoisotopic (exact) mass is 556 g/mol. The first kappa shape index (κ1) is 35.8. The second-order valence-electron chi connectivity index (χ2n) is 12.4. The van der Waals surface area contributed by atoms with Gasteiger partial charge in [-0.1, -0.05) is 132 Å². The number of ketones is 1. The number of carbonyl (C=O) groups is 1. The molecule has 2 N–H and O–H groups in total. The standard InChI is InChI=1S/C38H52O3/c1-28(17-13-18-29(2)19-14-20-30(3)22-24-36(40)38(9,10)41)15-11-12-16-31(4)25-32(5)21-23-35-33(6)26-34(39)27-37(35,7)8/h11-25,34,39,41H,26-27H2,1-10H3/b12-11+,17-13+,19-14+,23-21+,24-22+,28-15+,29-18+,30-20+,31-16+,32-25+/t34-/m1/s1. The van der Waals surface area contributed by atoms with Crippen molar-refractivity contribution in [1.29, 1.82) is 0 Å². The zero-order valence-electron chi connectivity index (χ0n) is 27.0. The van der Waals surface area contributed by atoms with Crippen molar-refractivity contribution < 1.29 is 15.0 Å². The van der Waals surface area contributed by atoms with Gasteiger partial charge in [0.25, 0.3) is 0 Å². The van der Waals surface area contributed by atoms with Gasteiger partial charge >= 0.3 is 0 Å². The molecule has 3 nitrogen and oxygen atoms in total. The van der Waals surface area contributed by atoms with Crippen molar-refractivity contribution in [3.63, 3.8) is 0 Å². The molecule has 0 aromatic heterocycles. The predicted molar refractivity (Wildman–Crippen MR) is 178 cm³/mol. The number of rotatable bonds is 12. The molecule has 0 aromatic rings. The van der Waals surface area contributed by atoms with Crippen LogP contribution in [0.25, 0.3) is 0 Å². The lowest BCUT2D eigenvalue weighted by Gasteiger charge is -2.35. The van der Waals surface area contributed by atoms with E-state index < -0.39 is 5.60 Å². The summed E-state index contributed by atoms with van der Waals surface area (Å²) in [7, 11) is 0. The van der Waals surface area contributed by atoms with Crippen molar-refractivity contribution in [3.05, 3.63) is 130 Å². The molecular formula is C38H52O3. The summed E-state index contributed by atoms with van der Waals surface area (Å²) in [6.07, 6.45) is 31.4. The second kappa shape index (κ2) is 16.9. The molecule has 0 bridgehead atoms. The first-order valence-electron chi connectivity index (χ1n) is 14.4. The van der Waals surface area contributed by atoms with Gasteiger partial charge < -0.3 is 10.2 Å². The van der Waals surface area contributed by atoms with Crippen molar-refractivity contribution in [2.45, 2.75) is 93.8 Å². The van der Waals surface area contributed by atoms with Gasteiger partial charge in [0.15, 0.2) is 5.78 Å². The Kier molecular flexibility index (Phi) is 14.7. The highest BCUT2D eigenvalue weighted by Crippen LogP contribution is 2.41. The summed E-state index contributed by atoms with van der Waals surface area (Å²) in [5.41, 5.74) is 6.83. The molecule has 0 saturated carbocycles. The molecule has 222 valence electrons. The Hall–Kier alpha value is -3.27. The molecule has 1 aliphatic rings. The first-order valence-corrected chi connectivity index (χ1v) is 14.4. The van der Waals surface area contributed by atoms with Crippen LogP contribution in [0.4, 0.5) is 0 Å². The number of hydrogen-bond acceptors (Lipinski definition) is 3. The van der Waals surface area contributed by atoms with Crippen LogP contribution in [-0.2, 0) is 4.79 Å². The lowest BCUT2D eigenvalue weighted by Crippen LogP contribution is -2.29. The van der Waals surface area contributed by atoms with Crippen LogP contribution in [-0.4, -0.2) is 27.7 Å². The highest BCUT2D eigenvalue weighted by atomic mass is 16.3. The second-order valence-corrected chi connectivity index (χ2v) is 12.4. The Morgan fingerprint density at radius 3 is 1.76 bits per heavy atom. The molecular weight excluding hydrogens is 504 g/mol.